The van der Waals surface area contributed by atoms with Crippen molar-refractivity contribution in [3.05, 3.63) is 40.4 Å². The summed E-state index contributed by atoms with van der Waals surface area (Å²) in [5.74, 6) is -0.916. The molecule has 1 aromatic rings. The number of benzene rings is 1. The average Bonchev–Trinajstić information content (AvgIpc) is 2.24. The van der Waals surface area contributed by atoms with Crippen molar-refractivity contribution in [3.8, 4) is 0 Å². The van der Waals surface area contributed by atoms with Gasteiger partial charge in [-0.3, -0.25) is 0 Å². The van der Waals surface area contributed by atoms with Gasteiger partial charge in [0.05, 0.1) is 5.56 Å². The molecule has 0 heterocycles. The first-order chi connectivity index (χ1) is 7.65. The first-order valence-electron chi connectivity index (χ1n) is 5.03. The Bertz CT molecular complexity index is 402. The summed E-state index contributed by atoms with van der Waals surface area (Å²) in [7, 11) is 0. The number of aromatic carboxylic acids is 1. The van der Waals surface area contributed by atoms with Crippen LogP contribution in [-0.4, -0.2) is 17.6 Å². The van der Waals surface area contributed by atoms with E-state index in [-0.39, 0.29) is 0 Å². The van der Waals surface area contributed by atoms with Crippen LogP contribution in [-0.2, 0) is 0 Å². The predicted molar refractivity (Wildman–Crippen MR) is 69.0 cm³/mol. The van der Waals surface area contributed by atoms with E-state index in [1.807, 2.05) is 19.1 Å². The summed E-state index contributed by atoms with van der Waals surface area (Å²) in [6, 6.07) is 5.09. The van der Waals surface area contributed by atoms with Gasteiger partial charge in [-0.25, -0.2) is 4.79 Å². The highest BCUT2D eigenvalue weighted by Gasteiger charge is 2.09. The maximum Gasteiger partial charge on any atom is 0.337 e. The Morgan fingerprint density at radius 3 is 2.94 bits per heavy atom. The third-order valence-corrected chi connectivity index (χ3v) is 2.57. The van der Waals surface area contributed by atoms with E-state index in [1.165, 1.54) is 0 Å². The van der Waals surface area contributed by atoms with Gasteiger partial charge in [-0.1, -0.05) is 28.1 Å². The lowest BCUT2D eigenvalue weighted by Crippen LogP contribution is -2.07. The van der Waals surface area contributed by atoms with E-state index in [0.29, 0.717) is 11.3 Å². The molecule has 2 N–H and O–H groups in total. The van der Waals surface area contributed by atoms with Crippen LogP contribution < -0.4 is 5.32 Å². The standard InChI is InChI=1S/C12H14BrNO2/c1-2-3-4-7-14-11-8-9(13)5-6-10(11)12(15)16/h2-3,5-6,8,14H,4,7H2,1H3,(H,15,16)/b3-2+. The van der Waals surface area contributed by atoms with Gasteiger partial charge < -0.3 is 10.4 Å². The lowest BCUT2D eigenvalue weighted by atomic mass is 10.2. The fraction of sp³-hybridized carbons (Fsp3) is 0.250. The van der Waals surface area contributed by atoms with Gasteiger partial charge in [-0.15, -0.1) is 0 Å². The molecule has 0 atom stereocenters. The van der Waals surface area contributed by atoms with Gasteiger partial charge in [0.25, 0.3) is 0 Å². The Hall–Kier alpha value is -1.29. The number of allylic oxidation sites excluding steroid dienone is 1. The lowest BCUT2D eigenvalue weighted by molar-refractivity contribution is 0.0698. The molecule has 0 aliphatic carbocycles. The fourth-order valence-corrected chi connectivity index (χ4v) is 1.67. The second-order valence-electron chi connectivity index (χ2n) is 3.28. The second-order valence-corrected chi connectivity index (χ2v) is 4.20. The average molecular weight is 284 g/mol. The number of carboxylic acid groups (broad SMARTS) is 1. The second kappa shape index (κ2) is 6.33. The molecule has 4 heteroatoms. The summed E-state index contributed by atoms with van der Waals surface area (Å²) >= 11 is 3.32. The van der Waals surface area contributed by atoms with Crippen LogP contribution in [0.25, 0.3) is 0 Å². The molecule has 1 aromatic carbocycles. The summed E-state index contributed by atoms with van der Waals surface area (Å²) in [6.07, 6.45) is 4.88. The number of hydrogen-bond donors (Lipinski definition) is 2. The molecule has 0 amide bonds. The van der Waals surface area contributed by atoms with Crippen molar-refractivity contribution in [2.45, 2.75) is 13.3 Å². The molecule has 0 saturated heterocycles. The van der Waals surface area contributed by atoms with Crippen molar-refractivity contribution < 1.29 is 9.90 Å². The first kappa shape index (κ1) is 12.8. The molecular formula is C12H14BrNO2. The maximum absolute atomic E-state index is 11.0. The minimum atomic E-state index is -0.916. The van der Waals surface area contributed by atoms with Gasteiger partial charge in [-0.2, -0.15) is 0 Å². The third kappa shape index (κ3) is 3.70. The smallest absolute Gasteiger partial charge is 0.337 e. The number of hydrogen-bond acceptors (Lipinski definition) is 2. The van der Waals surface area contributed by atoms with Crippen LogP contribution in [0.15, 0.2) is 34.8 Å². The van der Waals surface area contributed by atoms with E-state index in [2.05, 4.69) is 21.2 Å². The normalized spacial score (nSPS) is 10.6. The number of halogens is 1. The molecule has 1 rings (SSSR count). The van der Waals surface area contributed by atoms with Crippen molar-refractivity contribution in [1.82, 2.24) is 0 Å². The molecule has 16 heavy (non-hydrogen) atoms. The highest BCUT2D eigenvalue weighted by molar-refractivity contribution is 9.10. The largest absolute Gasteiger partial charge is 0.478 e. The zero-order valence-electron chi connectivity index (χ0n) is 9.03. The van der Waals surface area contributed by atoms with Crippen LogP contribution in [0.2, 0.25) is 0 Å². The minimum Gasteiger partial charge on any atom is -0.478 e. The van der Waals surface area contributed by atoms with Gasteiger partial charge in [0.15, 0.2) is 0 Å². The first-order valence-corrected chi connectivity index (χ1v) is 5.82. The Morgan fingerprint density at radius 1 is 1.56 bits per heavy atom. The highest BCUT2D eigenvalue weighted by atomic mass is 79.9. The van der Waals surface area contributed by atoms with E-state index in [0.717, 1.165) is 17.4 Å². The zero-order chi connectivity index (χ0) is 12.0. The Kier molecular flexibility index (Phi) is 5.05. The quantitative estimate of drug-likeness (QED) is 0.642. The minimum absolute atomic E-state index is 0.295. The molecule has 0 aliphatic heterocycles. The van der Waals surface area contributed by atoms with Gasteiger partial charge >= 0.3 is 5.97 Å². The summed E-state index contributed by atoms with van der Waals surface area (Å²) in [6.45, 7) is 2.68. The van der Waals surface area contributed by atoms with Crippen LogP contribution in [0.3, 0.4) is 0 Å². The van der Waals surface area contributed by atoms with Crippen molar-refractivity contribution in [2.24, 2.45) is 0 Å². The molecule has 0 radical (unpaired) electrons. The van der Waals surface area contributed by atoms with E-state index in [4.69, 9.17) is 5.11 Å². The van der Waals surface area contributed by atoms with Crippen molar-refractivity contribution in [2.75, 3.05) is 11.9 Å². The monoisotopic (exact) mass is 283 g/mol. The number of carbonyl (C=O) groups is 1. The van der Waals surface area contributed by atoms with Crippen LogP contribution >= 0.6 is 15.9 Å². The van der Waals surface area contributed by atoms with Crippen LogP contribution in [0.1, 0.15) is 23.7 Å². The van der Waals surface area contributed by atoms with Gasteiger partial charge in [0.1, 0.15) is 0 Å². The van der Waals surface area contributed by atoms with E-state index >= 15 is 0 Å². The number of carboxylic acids is 1. The van der Waals surface area contributed by atoms with Crippen LogP contribution in [0.4, 0.5) is 5.69 Å². The van der Waals surface area contributed by atoms with Gasteiger partial charge in [-0.05, 0) is 31.5 Å². The lowest BCUT2D eigenvalue weighted by Gasteiger charge is -2.08. The van der Waals surface area contributed by atoms with Crippen molar-refractivity contribution in [1.29, 1.82) is 0 Å². The summed E-state index contributed by atoms with van der Waals surface area (Å²) < 4.78 is 0.867. The van der Waals surface area contributed by atoms with E-state index in [1.54, 1.807) is 18.2 Å². The number of anilines is 1. The molecule has 86 valence electrons. The summed E-state index contributed by atoms with van der Waals surface area (Å²) in [4.78, 5) is 11.0. The Balaban J connectivity index is 2.76. The maximum atomic E-state index is 11.0. The SMILES string of the molecule is C/C=C/CCNc1cc(Br)ccc1C(=O)O. The third-order valence-electron chi connectivity index (χ3n) is 2.07. The van der Waals surface area contributed by atoms with Crippen molar-refractivity contribution in [3.63, 3.8) is 0 Å². The zero-order valence-corrected chi connectivity index (χ0v) is 10.6. The van der Waals surface area contributed by atoms with Gasteiger partial charge in [0, 0.05) is 16.7 Å². The topological polar surface area (TPSA) is 49.3 Å². The molecule has 0 bridgehead atoms. The molecular weight excluding hydrogens is 270 g/mol. The molecule has 0 unspecified atom stereocenters. The van der Waals surface area contributed by atoms with Crippen LogP contribution in [0.5, 0.6) is 0 Å². The molecule has 0 aliphatic rings. The van der Waals surface area contributed by atoms with E-state index in [9.17, 15) is 4.79 Å². The summed E-state index contributed by atoms with van der Waals surface area (Å²) in [5, 5.41) is 12.1. The molecule has 3 nitrogen and oxygen atoms in total. The summed E-state index contributed by atoms with van der Waals surface area (Å²) in [5.41, 5.74) is 0.940. The highest BCUT2D eigenvalue weighted by Crippen LogP contribution is 2.21. The number of rotatable bonds is 5. The Labute approximate surface area is 103 Å². The molecule has 0 spiro atoms. The van der Waals surface area contributed by atoms with Crippen molar-refractivity contribution >= 4 is 27.6 Å². The predicted octanol–water partition coefficient (Wildman–Crippen LogP) is 3.53. The molecule has 0 aromatic heterocycles. The van der Waals surface area contributed by atoms with E-state index < -0.39 is 5.97 Å². The van der Waals surface area contributed by atoms with Gasteiger partial charge in [0.2, 0.25) is 0 Å². The fourth-order valence-electron chi connectivity index (χ4n) is 1.31. The molecule has 0 saturated carbocycles. The molecule has 0 fully saturated rings. The number of nitrogens with one attached hydrogen (secondary N) is 1. The van der Waals surface area contributed by atoms with Crippen LogP contribution in [0, 0.1) is 0 Å². The Morgan fingerprint density at radius 2 is 2.31 bits per heavy atom.